The average Bonchev–Trinajstić information content (AvgIpc) is 2.15. The first-order chi connectivity index (χ1) is 7.82. The highest BCUT2D eigenvalue weighted by molar-refractivity contribution is 7.65. The molecule has 0 amide bonds. The Balaban J connectivity index is 2.84. The van der Waals surface area contributed by atoms with Crippen molar-refractivity contribution < 1.29 is 28.9 Å². The van der Waals surface area contributed by atoms with Gasteiger partial charge in [-0.1, -0.05) is 6.07 Å². The Morgan fingerprint density at radius 2 is 2.06 bits per heavy atom. The van der Waals surface area contributed by atoms with Crippen LogP contribution in [0.1, 0.15) is 5.69 Å². The van der Waals surface area contributed by atoms with Crippen LogP contribution in [0.4, 0.5) is 0 Å². The number of aromatic nitrogens is 1. The van der Waals surface area contributed by atoms with Crippen LogP contribution in [0.2, 0.25) is 0 Å². The molecule has 0 aliphatic carbocycles. The fraction of sp³-hybridized carbons (Fsp3) is 0.375. The molecule has 0 aromatic carbocycles. The smallest absolute Gasteiger partial charge is 0.387 e. The number of rotatable bonds is 5. The maximum absolute atomic E-state index is 11.0. The summed E-state index contributed by atoms with van der Waals surface area (Å²) in [5, 5.41) is 7.61. The third-order valence-electron chi connectivity index (χ3n) is 2.06. The van der Waals surface area contributed by atoms with Gasteiger partial charge in [0.25, 0.3) is 0 Å². The van der Waals surface area contributed by atoms with E-state index in [9.17, 15) is 14.2 Å². The lowest BCUT2D eigenvalue weighted by Crippen LogP contribution is -2.25. The van der Waals surface area contributed by atoms with Gasteiger partial charge in [0.1, 0.15) is 6.10 Å². The SMILES string of the molecule is O=[P+](O)C(C(O)Cc1ccccn1)P(=O)(O)O. The Kier molecular flexibility index (Phi) is 4.89. The van der Waals surface area contributed by atoms with E-state index in [1.54, 1.807) is 18.2 Å². The summed E-state index contributed by atoms with van der Waals surface area (Å²) in [5.74, 6) is 0. The van der Waals surface area contributed by atoms with Crippen LogP contribution >= 0.6 is 15.6 Å². The molecule has 1 heterocycles. The minimum atomic E-state index is -4.84. The Morgan fingerprint density at radius 1 is 1.41 bits per heavy atom. The van der Waals surface area contributed by atoms with Crippen molar-refractivity contribution >= 4 is 15.6 Å². The molecule has 0 spiro atoms. The first-order valence-corrected chi connectivity index (χ1v) is 7.57. The van der Waals surface area contributed by atoms with Gasteiger partial charge < -0.3 is 14.9 Å². The highest BCUT2D eigenvalue weighted by Gasteiger charge is 2.51. The van der Waals surface area contributed by atoms with Gasteiger partial charge in [-0.3, -0.25) is 9.55 Å². The van der Waals surface area contributed by atoms with Crippen LogP contribution in [-0.2, 0) is 15.6 Å². The summed E-state index contributed by atoms with van der Waals surface area (Å²) < 4.78 is 21.8. The summed E-state index contributed by atoms with van der Waals surface area (Å²) in [6, 6.07) is 4.83. The zero-order chi connectivity index (χ0) is 13.1. The second-order valence-electron chi connectivity index (χ2n) is 3.40. The minimum absolute atomic E-state index is 0.196. The monoisotopic (exact) mass is 280 g/mol. The normalized spacial score (nSPS) is 16.4. The molecule has 94 valence electrons. The largest absolute Gasteiger partial charge is 0.524 e. The molecular formula is C8H12NO6P2+. The molecule has 0 saturated carbocycles. The number of aliphatic hydroxyl groups excluding tert-OH is 1. The maximum Gasteiger partial charge on any atom is 0.524 e. The zero-order valence-corrected chi connectivity index (χ0v) is 10.4. The molecule has 0 aliphatic rings. The van der Waals surface area contributed by atoms with E-state index in [1.807, 2.05) is 0 Å². The fourth-order valence-corrected chi connectivity index (χ4v) is 3.32. The summed E-state index contributed by atoms with van der Waals surface area (Å²) in [4.78, 5) is 30.5. The van der Waals surface area contributed by atoms with Crippen LogP contribution in [0, 0.1) is 0 Å². The molecule has 9 heteroatoms. The van der Waals surface area contributed by atoms with Gasteiger partial charge in [-0.15, -0.1) is 0 Å². The molecule has 4 N–H and O–H groups in total. The number of pyridine rings is 1. The predicted octanol–water partition coefficient (Wildman–Crippen LogP) is 0.223. The van der Waals surface area contributed by atoms with Gasteiger partial charge in [0.05, 0.1) is 0 Å². The predicted molar refractivity (Wildman–Crippen MR) is 59.6 cm³/mol. The van der Waals surface area contributed by atoms with Gasteiger partial charge >= 0.3 is 21.0 Å². The molecule has 0 saturated heterocycles. The van der Waals surface area contributed by atoms with Crippen molar-refractivity contribution in [3.8, 4) is 0 Å². The number of aliphatic hydroxyl groups is 1. The van der Waals surface area contributed by atoms with Crippen LogP contribution < -0.4 is 0 Å². The van der Waals surface area contributed by atoms with Gasteiger partial charge in [-0.05, 0) is 16.7 Å². The molecule has 0 fully saturated rings. The Morgan fingerprint density at radius 3 is 2.47 bits per heavy atom. The first-order valence-electron chi connectivity index (χ1n) is 4.61. The van der Waals surface area contributed by atoms with Crippen molar-refractivity contribution in [1.29, 1.82) is 0 Å². The van der Waals surface area contributed by atoms with E-state index in [4.69, 9.17) is 14.7 Å². The quantitative estimate of drug-likeness (QED) is 0.568. The highest BCUT2D eigenvalue weighted by atomic mass is 31.2. The van der Waals surface area contributed by atoms with Gasteiger partial charge in [0.15, 0.2) is 0 Å². The van der Waals surface area contributed by atoms with E-state index < -0.39 is 27.1 Å². The average molecular weight is 280 g/mol. The van der Waals surface area contributed by atoms with Gasteiger partial charge in [-0.2, -0.15) is 4.89 Å². The molecule has 0 bridgehead atoms. The van der Waals surface area contributed by atoms with Crippen molar-refractivity contribution in [2.24, 2.45) is 0 Å². The molecule has 3 atom stereocenters. The van der Waals surface area contributed by atoms with E-state index >= 15 is 0 Å². The molecule has 0 aliphatic heterocycles. The Labute approximate surface area is 98.2 Å². The summed E-state index contributed by atoms with van der Waals surface area (Å²) in [5.41, 5.74) is 0.385. The lowest BCUT2D eigenvalue weighted by atomic mass is 10.2. The summed E-state index contributed by atoms with van der Waals surface area (Å²) in [6.07, 6.45) is -0.370. The first kappa shape index (κ1) is 14.4. The molecule has 1 aromatic heterocycles. The molecule has 3 unspecified atom stereocenters. The topological polar surface area (TPSA) is 128 Å². The fourth-order valence-electron chi connectivity index (χ4n) is 1.34. The van der Waals surface area contributed by atoms with Crippen molar-refractivity contribution in [2.75, 3.05) is 0 Å². The highest BCUT2D eigenvalue weighted by Crippen LogP contribution is 2.53. The number of hydrogen-bond donors (Lipinski definition) is 4. The Hall–Kier alpha value is -0.680. The third-order valence-corrected chi connectivity index (χ3v) is 5.38. The van der Waals surface area contributed by atoms with E-state index in [0.717, 1.165) is 0 Å². The van der Waals surface area contributed by atoms with Crippen LogP contribution in [0.25, 0.3) is 0 Å². The lowest BCUT2D eigenvalue weighted by Gasteiger charge is -2.13. The minimum Gasteiger partial charge on any atom is -0.387 e. The van der Waals surface area contributed by atoms with Crippen molar-refractivity contribution in [2.45, 2.75) is 17.9 Å². The molecule has 7 nitrogen and oxygen atoms in total. The summed E-state index contributed by atoms with van der Waals surface area (Å²) in [7, 11) is -8.02. The molecular weight excluding hydrogens is 268 g/mol. The van der Waals surface area contributed by atoms with Crippen molar-refractivity contribution in [3.05, 3.63) is 30.1 Å². The second-order valence-corrected chi connectivity index (χ2v) is 6.70. The molecule has 0 radical (unpaired) electrons. The maximum atomic E-state index is 11.0. The van der Waals surface area contributed by atoms with Gasteiger partial charge in [0, 0.05) is 18.3 Å². The summed E-state index contributed by atoms with van der Waals surface area (Å²) >= 11 is 0. The Bertz CT molecular complexity index is 433. The van der Waals surface area contributed by atoms with Crippen LogP contribution in [0.15, 0.2) is 24.4 Å². The molecule has 1 rings (SSSR count). The number of hydrogen-bond acceptors (Lipinski definition) is 4. The standard InChI is InChI=1S/C8H11NO6P2/c10-7(5-6-3-1-2-4-9-6)8(16(11)12)17(13,14)15/h1-4,7-8,10H,5H2,(H2-,11,12,13,14,15)/p+1. The van der Waals surface area contributed by atoms with E-state index in [1.165, 1.54) is 6.20 Å². The third kappa shape index (κ3) is 4.24. The van der Waals surface area contributed by atoms with E-state index in [2.05, 4.69) is 4.98 Å². The lowest BCUT2D eigenvalue weighted by molar-refractivity contribution is 0.174. The molecule has 1 aromatic rings. The zero-order valence-electron chi connectivity index (χ0n) is 8.62. The van der Waals surface area contributed by atoms with Crippen molar-refractivity contribution in [1.82, 2.24) is 4.98 Å². The summed E-state index contributed by atoms with van der Waals surface area (Å²) in [6.45, 7) is 0. The molecule has 17 heavy (non-hydrogen) atoms. The van der Waals surface area contributed by atoms with E-state index in [-0.39, 0.29) is 6.42 Å². The second kappa shape index (κ2) is 5.78. The number of nitrogens with zero attached hydrogens (tertiary/aromatic N) is 1. The van der Waals surface area contributed by atoms with Crippen molar-refractivity contribution in [3.63, 3.8) is 0 Å². The van der Waals surface area contributed by atoms with Gasteiger partial charge in [0.2, 0.25) is 0 Å². The van der Waals surface area contributed by atoms with E-state index in [0.29, 0.717) is 5.69 Å². The van der Waals surface area contributed by atoms with Crippen LogP contribution in [-0.4, -0.2) is 36.3 Å². The van der Waals surface area contributed by atoms with Crippen LogP contribution in [0.3, 0.4) is 0 Å². The van der Waals surface area contributed by atoms with Crippen LogP contribution in [0.5, 0.6) is 0 Å². The van der Waals surface area contributed by atoms with Gasteiger partial charge in [-0.25, -0.2) is 0 Å².